The molecule has 0 spiro atoms. The predicted octanol–water partition coefficient (Wildman–Crippen LogP) is 9.45. The molecule has 66 heavy (non-hydrogen) atoms. The maximum atomic E-state index is 13.4. The third-order valence-electron chi connectivity index (χ3n) is 10.5. The molecule has 0 fully saturated rings. The summed E-state index contributed by atoms with van der Waals surface area (Å²) in [5, 5.41) is 21.8. The highest BCUT2D eigenvalue weighted by Crippen LogP contribution is 2.26. The summed E-state index contributed by atoms with van der Waals surface area (Å²) in [5.74, 6) is -5.81. The van der Waals surface area contributed by atoms with Gasteiger partial charge in [-0.1, -0.05) is 98.5 Å². The van der Waals surface area contributed by atoms with Crippen molar-refractivity contribution in [3.63, 3.8) is 0 Å². The van der Waals surface area contributed by atoms with Crippen molar-refractivity contribution in [1.82, 2.24) is 9.97 Å². The molecule has 344 valence electrons. The number of Topliss-reactive ketones (excluding diaryl/α,β-unsaturated/α-hetero) is 2. The molecular weight excluding hydrogens is 854 g/mol. The van der Waals surface area contributed by atoms with E-state index >= 15 is 0 Å². The largest absolute Gasteiger partial charge is 0.449 e. The van der Waals surface area contributed by atoms with Gasteiger partial charge in [0.15, 0.2) is 5.78 Å². The molecular formula is C50H51F3N6O7. The lowest BCUT2D eigenvalue weighted by atomic mass is 9.97. The lowest BCUT2D eigenvalue weighted by Crippen LogP contribution is -2.34. The molecule has 6 rings (SSSR count). The van der Waals surface area contributed by atoms with E-state index in [0.717, 1.165) is 10.8 Å². The Morgan fingerprint density at radius 1 is 0.485 bits per heavy atom. The van der Waals surface area contributed by atoms with Gasteiger partial charge < -0.3 is 26.4 Å². The minimum atomic E-state index is -4.83. The fraction of sp³-hybridized carbons (Fsp3) is 0.280. The molecule has 5 N–H and O–H groups in total. The van der Waals surface area contributed by atoms with Crippen LogP contribution in [0.1, 0.15) is 64.2 Å². The van der Waals surface area contributed by atoms with Crippen LogP contribution in [0.5, 0.6) is 0 Å². The van der Waals surface area contributed by atoms with Crippen molar-refractivity contribution in [1.29, 1.82) is 0 Å². The maximum absolute atomic E-state index is 13.4. The molecule has 0 aliphatic rings. The number of rotatable bonds is 21. The first-order chi connectivity index (χ1) is 31.8. The van der Waals surface area contributed by atoms with Crippen LogP contribution in [0, 0.1) is 11.8 Å². The van der Waals surface area contributed by atoms with Crippen LogP contribution in [0.4, 0.5) is 35.9 Å². The van der Waals surface area contributed by atoms with Gasteiger partial charge in [0.25, 0.3) is 0 Å². The molecule has 4 amide bonds. The summed E-state index contributed by atoms with van der Waals surface area (Å²) in [7, 11) is 0. The van der Waals surface area contributed by atoms with E-state index in [9.17, 15) is 41.9 Å². The van der Waals surface area contributed by atoms with Crippen LogP contribution in [0.15, 0.2) is 134 Å². The third kappa shape index (κ3) is 15.4. The third-order valence-corrected chi connectivity index (χ3v) is 10.5. The van der Waals surface area contributed by atoms with Gasteiger partial charge >= 0.3 is 6.18 Å². The van der Waals surface area contributed by atoms with E-state index in [1.807, 2.05) is 48.5 Å². The van der Waals surface area contributed by atoms with Crippen molar-refractivity contribution < 1.29 is 47.0 Å². The number of anilines is 4. The van der Waals surface area contributed by atoms with Crippen molar-refractivity contribution in [3.8, 4) is 0 Å². The number of alkyl halides is 3. The van der Waals surface area contributed by atoms with Crippen molar-refractivity contribution in [2.75, 3.05) is 27.9 Å². The lowest BCUT2D eigenvalue weighted by molar-refractivity contribution is -0.171. The summed E-state index contributed by atoms with van der Waals surface area (Å²) in [6.07, 6.45) is 1.14. The van der Waals surface area contributed by atoms with Gasteiger partial charge in [0, 0.05) is 47.4 Å². The number of amides is 4. The molecule has 0 saturated heterocycles. The van der Waals surface area contributed by atoms with Gasteiger partial charge in [-0.25, -0.2) is 0 Å². The highest BCUT2D eigenvalue weighted by molar-refractivity contribution is 6.14. The van der Waals surface area contributed by atoms with E-state index in [4.69, 9.17) is 5.11 Å². The number of unbranched alkanes of at least 4 members (excludes halogenated alkanes) is 4. The second kappa shape index (κ2) is 25.2. The zero-order chi connectivity index (χ0) is 47.3. The summed E-state index contributed by atoms with van der Waals surface area (Å²) in [6.45, 7) is -0.467. The number of hydrogen-bond donors (Lipinski definition) is 5. The first-order valence-electron chi connectivity index (χ1n) is 21.6. The van der Waals surface area contributed by atoms with Crippen LogP contribution in [-0.2, 0) is 28.8 Å². The average molecular weight is 905 g/mol. The minimum absolute atomic E-state index is 0.0473. The Hall–Kier alpha value is -7.33. The van der Waals surface area contributed by atoms with Crippen molar-refractivity contribution in [3.05, 3.63) is 134 Å². The number of benzene rings is 4. The van der Waals surface area contributed by atoms with E-state index in [-0.39, 0.29) is 25.0 Å². The molecule has 0 aliphatic carbocycles. The maximum Gasteiger partial charge on any atom is 0.449 e. The Bertz CT molecular complexity index is 2420. The Kier molecular flexibility index (Phi) is 19.0. The van der Waals surface area contributed by atoms with Gasteiger partial charge in [0.1, 0.15) is 18.4 Å². The zero-order valence-corrected chi connectivity index (χ0v) is 36.1. The van der Waals surface area contributed by atoms with Gasteiger partial charge in [-0.15, -0.1) is 0 Å². The van der Waals surface area contributed by atoms with E-state index < -0.39 is 60.5 Å². The molecule has 0 radical (unpaired) electrons. The Balaban J connectivity index is 0.000000252. The smallest absolute Gasteiger partial charge is 0.389 e. The standard InChI is InChI=1S/C28H28N4O4.C22H23F3N2O3/c33-18-21(34)12-2-1-3-13-22(27(35)31-23-14-4-8-19-10-6-16-29-25(19)23)28(36)32-24-15-5-9-20-11-7-17-30-26(20)24;23-22(24,25)19(28)15-9-3-8-14-18(20(29)26-16-10-4-1-5-11-16)21(30)27-17-12-6-2-7-13-17/h4-11,14-17,22,33H,1-3,12-13,18H2,(H,31,35)(H,32,36);1-2,4-7,10-13,18H,3,8-9,14-15H2,(H,26,29)(H,27,30). The number of para-hydroxylation sites is 4. The Morgan fingerprint density at radius 2 is 0.894 bits per heavy atom. The van der Waals surface area contributed by atoms with Crippen LogP contribution in [-0.4, -0.2) is 63.1 Å². The Labute approximate surface area is 379 Å². The van der Waals surface area contributed by atoms with Crippen molar-refractivity contribution in [2.45, 2.75) is 70.4 Å². The molecule has 0 unspecified atom stereocenters. The van der Waals surface area contributed by atoms with Gasteiger partial charge in [-0.2, -0.15) is 13.2 Å². The summed E-state index contributed by atoms with van der Waals surface area (Å²) in [6, 6.07) is 35.7. The quantitative estimate of drug-likeness (QED) is 0.0345. The molecule has 4 aromatic carbocycles. The Morgan fingerprint density at radius 3 is 1.32 bits per heavy atom. The van der Waals surface area contributed by atoms with Gasteiger partial charge in [-0.3, -0.25) is 38.7 Å². The second-order valence-corrected chi connectivity index (χ2v) is 15.4. The number of carbonyl (C=O) groups is 6. The monoisotopic (exact) mass is 904 g/mol. The molecule has 16 heteroatoms. The van der Waals surface area contributed by atoms with Crippen LogP contribution in [0.3, 0.4) is 0 Å². The number of ketones is 2. The van der Waals surface area contributed by atoms with E-state index in [1.54, 1.807) is 85.2 Å². The molecule has 2 aromatic heterocycles. The number of carbonyl (C=O) groups excluding carboxylic acids is 6. The van der Waals surface area contributed by atoms with Crippen LogP contribution in [0.25, 0.3) is 21.8 Å². The molecule has 2 heterocycles. The summed E-state index contributed by atoms with van der Waals surface area (Å²) in [5.41, 5.74) is 3.45. The van der Waals surface area contributed by atoms with Crippen molar-refractivity contribution >= 4 is 79.8 Å². The molecule has 0 saturated carbocycles. The number of aromatic nitrogens is 2. The zero-order valence-electron chi connectivity index (χ0n) is 36.1. The number of pyridine rings is 2. The summed E-state index contributed by atoms with van der Waals surface area (Å²) < 4.78 is 36.8. The first-order valence-corrected chi connectivity index (χ1v) is 21.6. The molecule has 6 aromatic rings. The minimum Gasteiger partial charge on any atom is -0.389 e. The van der Waals surface area contributed by atoms with E-state index in [1.165, 1.54) is 0 Å². The lowest BCUT2D eigenvalue weighted by Gasteiger charge is -2.18. The van der Waals surface area contributed by atoms with Crippen LogP contribution < -0.4 is 21.3 Å². The van der Waals surface area contributed by atoms with Gasteiger partial charge in [0.2, 0.25) is 29.4 Å². The first kappa shape index (κ1) is 49.7. The summed E-state index contributed by atoms with van der Waals surface area (Å²) >= 11 is 0. The number of fused-ring (bicyclic) bond motifs is 2. The SMILES string of the molecule is O=C(CO)CCCCCC(C(=O)Nc1cccc2cccnc12)C(=O)Nc1cccc2cccnc12.O=C(Nc1ccccc1)C(CCCCCC(=O)C(F)(F)F)C(=O)Nc1ccccc1. The number of aliphatic hydroxyl groups excluding tert-OH is 1. The fourth-order valence-electron chi connectivity index (χ4n) is 6.99. The van der Waals surface area contributed by atoms with Crippen molar-refractivity contribution in [2.24, 2.45) is 11.8 Å². The highest BCUT2D eigenvalue weighted by atomic mass is 19.4. The average Bonchev–Trinajstić information content (AvgIpc) is 3.31. The second-order valence-electron chi connectivity index (χ2n) is 15.4. The highest BCUT2D eigenvalue weighted by Gasteiger charge is 2.37. The molecule has 0 atom stereocenters. The molecule has 0 aliphatic heterocycles. The number of nitrogens with zero attached hydrogens (tertiary/aromatic N) is 2. The number of aliphatic hydroxyl groups is 1. The molecule has 13 nitrogen and oxygen atoms in total. The van der Waals surface area contributed by atoms with E-state index in [2.05, 4.69) is 31.2 Å². The topological polar surface area (TPSA) is 197 Å². The van der Waals surface area contributed by atoms with Crippen LogP contribution in [0.2, 0.25) is 0 Å². The molecule has 0 bridgehead atoms. The normalized spacial score (nSPS) is 11.1. The van der Waals surface area contributed by atoms with Gasteiger partial charge in [0.05, 0.1) is 22.4 Å². The van der Waals surface area contributed by atoms with Gasteiger partial charge in [-0.05, 0) is 74.2 Å². The summed E-state index contributed by atoms with van der Waals surface area (Å²) in [4.78, 5) is 83.1. The van der Waals surface area contributed by atoms with Crippen LogP contribution >= 0.6 is 0 Å². The predicted molar refractivity (Wildman–Crippen MR) is 247 cm³/mol. The number of halogens is 3. The number of nitrogens with one attached hydrogen (secondary N) is 4. The number of hydrogen-bond acceptors (Lipinski definition) is 9. The fourth-order valence-corrected chi connectivity index (χ4v) is 6.99. The van der Waals surface area contributed by atoms with E-state index in [0.29, 0.717) is 72.3 Å².